The second kappa shape index (κ2) is 5.53. The van der Waals surface area contributed by atoms with Crippen molar-refractivity contribution in [2.24, 2.45) is 5.92 Å². The molecular weight excluding hydrogens is 244 g/mol. The maximum absolute atomic E-state index is 12.2. The summed E-state index contributed by atoms with van der Waals surface area (Å²) >= 11 is 0. The Morgan fingerprint density at radius 3 is 2.58 bits per heavy atom. The van der Waals surface area contributed by atoms with Gasteiger partial charge in [-0.3, -0.25) is 9.59 Å². The molecule has 98 valence electrons. The standard InChI is InChI=1S/C14H14N2O3/c15-9-10-2-1-3-12(8-10)13(17)16-6-4-11(5-7-16)14(18)19/h1-3,8,11H,4-7H2,(H,18,19). The number of benzene rings is 1. The van der Waals surface area contributed by atoms with E-state index in [1.54, 1.807) is 29.2 Å². The third-order valence-electron chi connectivity index (χ3n) is 3.37. The van der Waals surface area contributed by atoms with Gasteiger partial charge < -0.3 is 10.0 Å². The first-order valence-corrected chi connectivity index (χ1v) is 6.14. The van der Waals surface area contributed by atoms with Crippen LogP contribution >= 0.6 is 0 Å². The van der Waals surface area contributed by atoms with Crippen LogP contribution in [0.4, 0.5) is 0 Å². The molecule has 0 radical (unpaired) electrons. The minimum atomic E-state index is -0.793. The van der Waals surface area contributed by atoms with Crippen molar-refractivity contribution in [2.45, 2.75) is 12.8 Å². The van der Waals surface area contributed by atoms with Crippen LogP contribution in [0, 0.1) is 17.2 Å². The summed E-state index contributed by atoms with van der Waals surface area (Å²) in [4.78, 5) is 24.7. The fraction of sp³-hybridized carbons (Fsp3) is 0.357. The summed E-state index contributed by atoms with van der Waals surface area (Å²) in [5.74, 6) is -1.28. The number of rotatable bonds is 2. The number of nitrogens with zero attached hydrogens (tertiary/aromatic N) is 2. The predicted molar refractivity (Wildman–Crippen MR) is 67.4 cm³/mol. The molecule has 5 heteroatoms. The van der Waals surface area contributed by atoms with Crippen molar-refractivity contribution >= 4 is 11.9 Å². The van der Waals surface area contributed by atoms with Crippen molar-refractivity contribution in [1.82, 2.24) is 4.90 Å². The van der Waals surface area contributed by atoms with Crippen LogP contribution in [0.1, 0.15) is 28.8 Å². The highest BCUT2D eigenvalue weighted by Gasteiger charge is 2.27. The number of carboxylic acid groups (broad SMARTS) is 1. The predicted octanol–water partition coefficient (Wildman–Crippen LogP) is 1.50. The van der Waals surface area contributed by atoms with E-state index >= 15 is 0 Å². The zero-order chi connectivity index (χ0) is 13.8. The number of amides is 1. The molecule has 1 aromatic carbocycles. The van der Waals surface area contributed by atoms with Gasteiger partial charge >= 0.3 is 5.97 Å². The third kappa shape index (κ3) is 2.91. The largest absolute Gasteiger partial charge is 0.481 e. The molecule has 2 rings (SSSR count). The Hall–Kier alpha value is -2.35. The van der Waals surface area contributed by atoms with E-state index in [9.17, 15) is 9.59 Å². The van der Waals surface area contributed by atoms with Crippen LogP contribution in [0.2, 0.25) is 0 Å². The molecule has 19 heavy (non-hydrogen) atoms. The van der Waals surface area contributed by atoms with E-state index in [1.165, 1.54) is 0 Å². The fourth-order valence-electron chi connectivity index (χ4n) is 2.23. The number of hydrogen-bond acceptors (Lipinski definition) is 3. The van der Waals surface area contributed by atoms with Gasteiger partial charge in [-0.25, -0.2) is 0 Å². The van der Waals surface area contributed by atoms with E-state index in [0.717, 1.165) is 0 Å². The number of carbonyl (C=O) groups excluding carboxylic acids is 1. The lowest BCUT2D eigenvalue weighted by molar-refractivity contribution is -0.143. The van der Waals surface area contributed by atoms with Gasteiger partial charge in [0.05, 0.1) is 17.6 Å². The maximum Gasteiger partial charge on any atom is 0.306 e. The average molecular weight is 258 g/mol. The highest BCUT2D eigenvalue weighted by atomic mass is 16.4. The van der Waals surface area contributed by atoms with Gasteiger partial charge in [-0.2, -0.15) is 5.26 Å². The van der Waals surface area contributed by atoms with Crippen LogP contribution in [-0.2, 0) is 4.79 Å². The molecule has 0 saturated carbocycles. The summed E-state index contributed by atoms with van der Waals surface area (Å²) in [6.45, 7) is 0.902. The van der Waals surface area contributed by atoms with Crippen LogP contribution in [0.25, 0.3) is 0 Å². The highest BCUT2D eigenvalue weighted by molar-refractivity contribution is 5.94. The first kappa shape index (κ1) is 13.1. The molecule has 0 aromatic heterocycles. The zero-order valence-corrected chi connectivity index (χ0v) is 10.4. The quantitative estimate of drug-likeness (QED) is 0.871. The van der Waals surface area contributed by atoms with E-state index in [2.05, 4.69) is 0 Å². The molecule has 0 atom stereocenters. The van der Waals surface area contributed by atoms with E-state index in [1.807, 2.05) is 6.07 Å². The Bertz CT molecular complexity index is 540. The summed E-state index contributed by atoms with van der Waals surface area (Å²) in [5.41, 5.74) is 0.930. The SMILES string of the molecule is N#Cc1cccc(C(=O)N2CCC(C(=O)O)CC2)c1. The van der Waals surface area contributed by atoms with Gasteiger partial charge in [0, 0.05) is 18.7 Å². The second-order valence-electron chi connectivity index (χ2n) is 4.60. The molecule has 1 N–H and O–H groups in total. The zero-order valence-electron chi connectivity index (χ0n) is 10.4. The molecule has 1 aliphatic rings. The Morgan fingerprint density at radius 2 is 2.00 bits per heavy atom. The highest BCUT2D eigenvalue weighted by Crippen LogP contribution is 2.19. The molecule has 1 aromatic rings. The van der Waals surface area contributed by atoms with Crippen LogP contribution in [0.15, 0.2) is 24.3 Å². The van der Waals surface area contributed by atoms with E-state index in [-0.39, 0.29) is 11.8 Å². The minimum absolute atomic E-state index is 0.138. The summed E-state index contributed by atoms with van der Waals surface area (Å²) in [7, 11) is 0. The Kier molecular flexibility index (Phi) is 3.81. The van der Waals surface area contributed by atoms with Crippen LogP contribution in [0.5, 0.6) is 0 Å². The van der Waals surface area contributed by atoms with Gasteiger partial charge in [-0.1, -0.05) is 6.07 Å². The fourth-order valence-corrected chi connectivity index (χ4v) is 2.23. The number of carboxylic acids is 1. The molecule has 0 bridgehead atoms. The number of likely N-dealkylation sites (tertiary alicyclic amines) is 1. The van der Waals surface area contributed by atoms with Gasteiger partial charge in [0.25, 0.3) is 5.91 Å². The van der Waals surface area contributed by atoms with Crippen molar-refractivity contribution in [3.8, 4) is 6.07 Å². The normalized spacial score (nSPS) is 15.8. The summed E-state index contributed by atoms with van der Waals surface area (Å²) in [6, 6.07) is 8.56. The van der Waals surface area contributed by atoms with Gasteiger partial charge in [-0.05, 0) is 31.0 Å². The monoisotopic (exact) mass is 258 g/mol. The number of hydrogen-bond donors (Lipinski definition) is 1. The van der Waals surface area contributed by atoms with E-state index in [4.69, 9.17) is 10.4 Å². The second-order valence-corrected chi connectivity index (χ2v) is 4.60. The van der Waals surface area contributed by atoms with Gasteiger partial charge in [0.2, 0.25) is 0 Å². The lowest BCUT2D eigenvalue weighted by atomic mass is 9.96. The lowest BCUT2D eigenvalue weighted by Gasteiger charge is -2.30. The molecular formula is C14H14N2O3. The number of aliphatic carboxylic acids is 1. The molecule has 1 saturated heterocycles. The Balaban J connectivity index is 2.05. The number of piperidine rings is 1. The molecule has 0 aliphatic carbocycles. The van der Waals surface area contributed by atoms with Crippen molar-refractivity contribution in [3.63, 3.8) is 0 Å². The Labute approximate surface area is 111 Å². The molecule has 1 heterocycles. The first-order chi connectivity index (χ1) is 9.11. The molecule has 5 nitrogen and oxygen atoms in total. The first-order valence-electron chi connectivity index (χ1n) is 6.14. The van der Waals surface area contributed by atoms with E-state index < -0.39 is 5.97 Å². The summed E-state index contributed by atoms with van der Waals surface area (Å²) < 4.78 is 0. The van der Waals surface area contributed by atoms with Gasteiger partial charge in [0.15, 0.2) is 0 Å². The molecule has 1 aliphatic heterocycles. The third-order valence-corrected chi connectivity index (χ3v) is 3.37. The Morgan fingerprint density at radius 1 is 1.32 bits per heavy atom. The molecule has 1 amide bonds. The number of carbonyl (C=O) groups is 2. The van der Waals surface area contributed by atoms with Crippen LogP contribution < -0.4 is 0 Å². The van der Waals surface area contributed by atoms with Crippen LogP contribution in [0.3, 0.4) is 0 Å². The van der Waals surface area contributed by atoms with Gasteiger partial charge in [-0.15, -0.1) is 0 Å². The van der Waals surface area contributed by atoms with Crippen molar-refractivity contribution in [2.75, 3.05) is 13.1 Å². The van der Waals surface area contributed by atoms with Gasteiger partial charge in [0.1, 0.15) is 0 Å². The molecule has 0 spiro atoms. The number of nitriles is 1. The minimum Gasteiger partial charge on any atom is -0.481 e. The molecule has 1 fully saturated rings. The summed E-state index contributed by atoms with van der Waals surface area (Å²) in [5, 5.41) is 17.7. The van der Waals surface area contributed by atoms with Crippen molar-refractivity contribution in [3.05, 3.63) is 35.4 Å². The lowest BCUT2D eigenvalue weighted by Crippen LogP contribution is -2.40. The average Bonchev–Trinajstić information content (AvgIpc) is 2.46. The smallest absolute Gasteiger partial charge is 0.306 e. The van der Waals surface area contributed by atoms with Crippen LogP contribution in [-0.4, -0.2) is 35.0 Å². The molecule has 0 unspecified atom stereocenters. The van der Waals surface area contributed by atoms with E-state index in [0.29, 0.717) is 37.1 Å². The summed E-state index contributed by atoms with van der Waals surface area (Å²) in [6.07, 6.45) is 0.970. The topological polar surface area (TPSA) is 81.4 Å². The maximum atomic E-state index is 12.2. The van der Waals surface area contributed by atoms with Crippen molar-refractivity contribution in [1.29, 1.82) is 5.26 Å². The van der Waals surface area contributed by atoms with Crippen molar-refractivity contribution < 1.29 is 14.7 Å².